The lowest BCUT2D eigenvalue weighted by atomic mass is 9.89. The van der Waals surface area contributed by atoms with Gasteiger partial charge in [-0.25, -0.2) is 0 Å². The molecule has 1 aromatic rings. The number of amides is 1. The molecule has 0 atom stereocenters. The summed E-state index contributed by atoms with van der Waals surface area (Å²) >= 11 is 0. The zero-order valence-corrected chi connectivity index (χ0v) is 10.7. The predicted molar refractivity (Wildman–Crippen MR) is 66.6 cm³/mol. The normalized spacial score (nSPS) is 17.2. The third-order valence-electron chi connectivity index (χ3n) is 3.21. The van der Waals surface area contributed by atoms with Crippen LogP contribution in [0.1, 0.15) is 30.1 Å². The average Bonchev–Trinajstić information content (AvgIpc) is 2.35. The molecular formula is C13H18N2O3. The van der Waals surface area contributed by atoms with Crippen molar-refractivity contribution < 1.29 is 14.6 Å². The van der Waals surface area contributed by atoms with Crippen molar-refractivity contribution in [2.45, 2.75) is 25.4 Å². The third-order valence-corrected chi connectivity index (χ3v) is 3.21. The van der Waals surface area contributed by atoms with Crippen molar-refractivity contribution in [1.29, 1.82) is 0 Å². The molecule has 1 saturated heterocycles. The summed E-state index contributed by atoms with van der Waals surface area (Å²) in [7, 11) is 1.51. The molecule has 0 bridgehead atoms. The Balaban J connectivity index is 2.06. The first-order chi connectivity index (χ1) is 8.59. The van der Waals surface area contributed by atoms with E-state index < -0.39 is 5.60 Å². The number of hydrogen-bond acceptors (Lipinski definition) is 4. The molecule has 2 heterocycles. The largest absolute Gasteiger partial charge is 0.494 e. The molecule has 1 aliphatic heterocycles. The van der Waals surface area contributed by atoms with Crippen molar-refractivity contribution in [1.82, 2.24) is 9.88 Å². The lowest BCUT2D eigenvalue weighted by Gasteiger charge is -2.46. The van der Waals surface area contributed by atoms with E-state index in [-0.39, 0.29) is 5.91 Å². The fourth-order valence-corrected chi connectivity index (χ4v) is 2.32. The van der Waals surface area contributed by atoms with Gasteiger partial charge in [0.15, 0.2) is 0 Å². The van der Waals surface area contributed by atoms with Gasteiger partial charge in [0.1, 0.15) is 5.75 Å². The van der Waals surface area contributed by atoms with Crippen LogP contribution < -0.4 is 4.74 Å². The maximum absolute atomic E-state index is 12.2. The Hall–Kier alpha value is -1.62. The highest BCUT2D eigenvalue weighted by Crippen LogP contribution is 2.29. The van der Waals surface area contributed by atoms with Crippen molar-refractivity contribution >= 4 is 5.91 Å². The van der Waals surface area contributed by atoms with Crippen LogP contribution in [0.4, 0.5) is 0 Å². The molecule has 18 heavy (non-hydrogen) atoms. The number of rotatable bonds is 4. The molecule has 1 aliphatic rings. The Kier molecular flexibility index (Phi) is 3.52. The number of pyridine rings is 1. The Labute approximate surface area is 106 Å². The summed E-state index contributed by atoms with van der Waals surface area (Å²) in [5.41, 5.74) is -0.212. The average molecular weight is 250 g/mol. The predicted octanol–water partition coefficient (Wildman–Crippen LogP) is 1.08. The summed E-state index contributed by atoms with van der Waals surface area (Å²) in [6, 6.07) is 1.64. The highest BCUT2D eigenvalue weighted by Gasteiger charge is 2.43. The van der Waals surface area contributed by atoms with Gasteiger partial charge < -0.3 is 14.7 Å². The van der Waals surface area contributed by atoms with Crippen molar-refractivity contribution in [3.8, 4) is 5.75 Å². The van der Waals surface area contributed by atoms with Crippen LogP contribution in [-0.2, 0) is 0 Å². The van der Waals surface area contributed by atoms with Crippen LogP contribution in [0.3, 0.4) is 0 Å². The van der Waals surface area contributed by atoms with Crippen LogP contribution >= 0.6 is 0 Å². The quantitative estimate of drug-likeness (QED) is 0.868. The molecule has 5 heteroatoms. The van der Waals surface area contributed by atoms with Crippen molar-refractivity contribution in [2.24, 2.45) is 0 Å². The molecule has 5 nitrogen and oxygen atoms in total. The van der Waals surface area contributed by atoms with Gasteiger partial charge in [0.05, 0.1) is 37.6 Å². The Morgan fingerprint density at radius 1 is 1.61 bits per heavy atom. The van der Waals surface area contributed by atoms with Crippen LogP contribution in [0, 0.1) is 0 Å². The van der Waals surface area contributed by atoms with Crippen molar-refractivity contribution in [3.05, 3.63) is 24.0 Å². The Bertz CT molecular complexity index is 442. The van der Waals surface area contributed by atoms with E-state index >= 15 is 0 Å². The number of likely N-dealkylation sites (tertiary alicyclic amines) is 1. The number of β-amino-alcohol motifs (C(OH)–C–C–N with tert-alkyl or cyclic N) is 1. The number of carbonyl (C=O) groups excluding carboxylic acids is 1. The minimum Gasteiger partial charge on any atom is -0.494 e. The van der Waals surface area contributed by atoms with Gasteiger partial charge in [0.2, 0.25) is 0 Å². The van der Waals surface area contributed by atoms with E-state index in [2.05, 4.69) is 4.98 Å². The van der Waals surface area contributed by atoms with E-state index in [1.165, 1.54) is 13.3 Å². The highest BCUT2D eigenvalue weighted by molar-refractivity contribution is 5.97. The highest BCUT2D eigenvalue weighted by atomic mass is 16.5. The van der Waals surface area contributed by atoms with Gasteiger partial charge in [-0.05, 0) is 12.5 Å². The molecule has 98 valence electrons. The molecule has 2 rings (SSSR count). The Morgan fingerprint density at radius 2 is 2.33 bits per heavy atom. The van der Waals surface area contributed by atoms with E-state index in [0.29, 0.717) is 24.4 Å². The van der Waals surface area contributed by atoms with E-state index in [4.69, 9.17) is 4.74 Å². The molecule has 0 aromatic carbocycles. The SMILES string of the molecule is CCCC1(O)CN(C(=O)c2ccncc2OC)C1. The summed E-state index contributed by atoms with van der Waals surface area (Å²) in [6.45, 7) is 2.81. The van der Waals surface area contributed by atoms with Gasteiger partial charge in [0, 0.05) is 6.20 Å². The lowest BCUT2D eigenvalue weighted by molar-refractivity contribution is -0.0860. The van der Waals surface area contributed by atoms with Crippen LogP contribution in [0.15, 0.2) is 18.5 Å². The van der Waals surface area contributed by atoms with Crippen LogP contribution in [-0.4, -0.2) is 46.7 Å². The van der Waals surface area contributed by atoms with E-state index in [1.54, 1.807) is 17.2 Å². The molecule has 1 aromatic heterocycles. The summed E-state index contributed by atoms with van der Waals surface area (Å²) in [5.74, 6) is 0.350. The van der Waals surface area contributed by atoms with Crippen molar-refractivity contribution in [2.75, 3.05) is 20.2 Å². The maximum Gasteiger partial charge on any atom is 0.257 e. The smallest absolute Gasteiger partial charge is 0.257 e. The summed E-state index contributed by atoms with van der Waals surface area (Å²) in [5, 5.41) is 10.1. The zero-order valence-electron chi connectivity index (χ0n) is 10.7. The Morgan fingerprint density at radius 3 is 2.94 bits per heavy atom. The minimum absolute atomic E-state index is 0.116. The van der Waals surface area contributed by atoms with Gasteiger partial charge >= 0.3 is 0 Å². The van der Waals surface area contributed by atoms with Crippen LogP contribution in [0.5, 0.6) is 5.75 Å². The second-order valence-corrected chi connectivity index (χ2v) is 4.71. The van der Waals surface area contributed by atoms with Crippen LogP contribution in [0.25, 0.3) is 0 Å². The molecule has 0 radical (unpaired) electrons. The molecule has 1 amide bonds. The third kappa shape index (κ3) is 2.31. The standard InChI is InChI=1S/C13H18N2O3/c1-3-5-13(17)8-15(9-13)12(16)10-4-6-14-7-11(10)18-2/h4,6-7,17H,3,5,8-9H2,1-2H3. The van der Waals surface area contributed by atoms with Gasteiger partial charge in [0.25, 0.3) is 5.91 Å². The topological polar surface area (TPSA) is 62.7 Å². The molecule has 0 saturated carbocycles. The fraction of sp³-hybridized carbons (Fsp3) is 0.538. The number of nitrogens with zero attached hydrogens (tertiary/aromatic N) is 2. The summed E-state index contributed by atoms with van der Waals surface area (Å²) in [4.78, 5) is 17.8. The molecule has 1 N–H and O–H groups in total. The number of carbonyl (C=O) groups is 1. The molecule has 1 fully saturated rings. The molecule has 0 aliphatic carbocycles. The monoisotopic (exact) mass is 250 g/mol. The lowest BCUT2D eigenvalue weighted by Crippen LogP contribution is -2.63. The van der Waals surface area contributed by atoms with Gasteiger partial charge in [-0.1, -0.05) is 13.3 Å². The number of aliphatic hydroxyl groups is 1. The van der Waals surface area contributed by atoms with E-state index in [9.17, 15) is 9.90 Å². The van der Waals surface area contributed by atoms with Crippen LogP contribution in [0.2, 0.25) is 0 Å². The maximum atomic E-state index is 12.2. The first-order valence-electron chi connectivity index (χ1n) is 6.09. The summed E-state index contributed by atoms with van der Waals surface area (Å²) in [6.07, 6.45) is 4.72. The van der Waals surface area contributed by atoms with E-state index in [1.807, 2.05) is 6.92 Å². The second kappa shape index (κ2) is 4.94. The fourth-order valence-electron chi connectivity index (χ4n) is 2.32. The number of aromatic nitrogens is 1. The van der Waals surface area contributed by atoms with Crippen molar-refractivity contribution in [3.63, 3.8) is 0 Å². The molecule has 0 spiro atoms. The number of ether oxygens (including phenoxy) is 1. The summed E-state index contributed by atoms with van der Waals surface area (Å²) < 4.78 is 5.11. The molecule has 0 unspecified atom stereocenters. The van der Waals surface area contributed by atoms with Gasteiger partial charge in [-0.2, -0.15) is 0 Å². The first kappa shape index (κ1) is 12.8. The number of hydrogen-bond donors (Lipinski definition) is 1. The molecular weight excluding hydrogens is 232 g/mol. The second-order valence-electron chi connectivity index (χ2n) is 4.71. The van der Waals surface area contributed by atoms with Gasteiger partial charge in [-0.3, -0.25) is 9.78 Å². The zero-order chi connectivity index (χ0) is 13.2. The van der Waals surface area contributed by atoms with Gasteiger partial charge in [-0.15, -0.1) is 0 Å². The minimum atomic E-state index is -0.704. The van der Waals surface area contributed by atoms with E-state index in [0.717, 1.165) is 12.8 Å². The number of methoxy groups -OCH3 is 1. The first-order valence-corrected chi connectivity index (χ1v) is 6.09.